The Labute approximate surface area is 82.1 Å². The largest absolute Gasteiger partial charge is 0.477 e. The highest BCUT2D eigenvalue weighted by Crippen LogP contribution is 2.21. The average Bonchev–Trinajstić information content (AvgIpc) is 2.67. The molecular formula is C10H13NO3. The second kappa shape index (κ2) is 3.84. The highest BCUT2D eigenvalue weighted by Gasteiger charge is 2.19. The van der Waals surface area contributed by atoms with E-state index in [0.717, 1.165) is 19.4 Å². The van der Waals surface area contributed by atoms with Crippen molar-refractivity contribution in [2.24, 2.45) is 0 Å². The van der Waals surface area contributed by atoms with Crippen LogP contribution in [0.2, 0.25) is 0 Å². The van der Waals surface area contributed by atoms with E-state index in [4.69, 9.17) is 9.84 Å². The van der Waals surface area contributed by atoms with Gasteiger partial charge in [0.25, 0.3) is 0 Å². The monoisotopic (exact) mass is 195 g/mol. The zero-order valence-corrected chi connectivity index (χ0v) is 7.85. The summed E-state index contributed by atoms with van der Waals surface area (Å²) in [4.78, 5) is 10.9. The summed E-state index contributed by atoms with van der Waals surface area (Å²) < 4.78 is 7.12. The van der Waals surface area contributed by atoms with Crippen LogP contribution < -0.4 is 0 Å². The van der Waals surface area contributed by atoms with E-state index in [9.17, 15) is 4.79 Å². The summed E-state index contributed by atoms with van der Waals surface area (Å²) in [6.45, 7) is 1.41. The molecule has 1 aromatic rings. The first kappa shape index (κ1) is 9.27. The Hall–Kier alpha value is -1.29. The van der Waals surface area contributed by atoms with Crippen LogP contribution in [-0.2, 0) is 4.74 Å². The van der Waals surface area contributed by atoms with Crippen molar-refractivity contribution in [3.63, 3.8) is 0 Å². The van der Waals surface area contributed by atoms with E-state index in [1.165, 1.54) is 0 Å². The zero-order valence-electron chi connectivity index (χ0n) is 7.85. The topological polar surface area (TPSA) is 51.5 Å². The molecule has 1 aromatic heterocycles. The van der Waals surface area contributed by atoms with Crippen LogP contribution >= 0.6 is 0 Å². The fourth-order valence-electron chi connectivity index (χ4n) is 1.84. The fourth-order valence-corrected chi connectivity index (χ4v) is 1.84. The lowest BCUT2D eigenvalue weighted by atomic mass is 10.1. The van der Waals surface area contributed by atoms with Crippen LogP contribution in [0.1, 0.15) is 29.4 Å². The van der Waals surface area contributed by atoms with Crippen molar-refractivity contribution >= 4 is 5.97 Å². The van der Waals surface area contributed by atoms with E-state index in [1.54, 1.807) is 16.7 Å². The lowest BCUT2D eigenvalue weighted by Crippen LogP contribution is -2.23. The Kier molecular flexibility index (Phi) is 2.54. The Morgan fingerprint density at radius 2 is 2.50 bits per heavy atom. The van der Waals surface area contributed by atoms with Gasteiger partial charge in [-0.3, -0.25) is 0 Å². The lowest BCUT2D eigenvalue weighted by Gasteiger charge is -2.24. The number of ether oxygens (including phenoxy) is 1. The first-order valence-corrected chi connectivity index (χ1v) is 4.77. The Morgan fingerprint density at radius 1 is 1.64 bits per heavy atom. The number of aromatic nitrogens is 1. The molecule has 4 heteroatoms. The summed E-state index contributed by atoms with van der Waals surface area (Å²) in [5, 5.41) is 8.92. The highest BCUT2D eigenvalue weighted by atomic mass is 16.5. The molecule has 1 N–H and O–H groups in total. The van der Waals surface area contributed by atoms with Gasteiger partial charge in [0, 0.05) is 12.8 Å². The van der Waals surface area contributed by atoms with E-state index in [2.05, 4.69) is 0 Å². The molecule has 0 bridgehead atoms. The van der Waals surface area contributed by atoms with Crippen LogP contribution in [-0.4, -0.2) is 28.9 Å². The van der Waals surface area contributed by atoms with Crippen LogP contribution in [0.15, 0.2) is 18.3 Å². The minimum atomic E-state index is -0.874. The van der Waals surface area contributed by atoms with Crippen molar-refractivity contribution in [1.29, 1.82) is 0 Å². The van der Waals surface area contributed by atoms with Crippen LogP contribution in [0, 0.1) is 0 Å². The van der Waals surface area contributed by atoms with Crippen molar-refractivity contribution in [1.82, 2.24) is 4.57 Å². The Bertz CT molecular complexity index is 326. The van der Waals surface area contributed by atoms with E-state index in [-0.39, 0.29) is 6.04 Å². The van der Waals surface area contributed by atoms with Gasteiger partial charge in [0.2, 0.25) is 0 Å². The van der Waals surface area contributed by atoms with Crippen LogP contribution in [0.4, 0.5) is 0 Å². The van der Waals surface area contributed by atoms with Gasteiger partial charge in [-0.25, -0.2) is 4.79 Å². The third-order valence-corrected chi connectivity index (χ3v) is 2.53. The van der Waals surface area contributed by atoms with Crippen molar-refractivity contribution in [3.05, 3.63) is 24.0 Å². The first-order chi connectivity index (χ1) is 6.79. The smallest absolute Gasteiger partial charge is 0.352 e. The molecule has 76 valence electrons. The van der Waals surface area contributed by atoms with Gasteiger partial charge in [0.1, 0.15) is 5.69 Å². The quantitative estimate of drug-likeness (QED) is 0.778. The molecule has 0 saturated carbocycles. The molecule has 1 unspecified atom stereocenters. The summed E-state index contributed by atoms with van der Waals surface area (Å²) >= 11 is 0. The van der Waals surface area contributed by atoms with Gasteiger partial charge in [0.15, 0.2) is 0 Å². The van der Waals surface area contributed by atoms with E-state index in [1.807, 2.05) is 6.20 Å². The summed E-state index contributed by atoms with van der Waals surface area (Å²) in [6.07, 6.45) is 3.81. The van der Waals surface area contributed by atoms with Crippen molar-refractivity contribution < 1.29 is 14.6 Å². The zero-order chi connectivity index (χ0) is 9.97. The predicted octanol–water partition coefficient (Wildman–Crippen LogP) is 1.54. The number of aromatic carboxylic acids is 1. The molecule has 1 saturated heterocycles. The number of carbonyl (C=O) groups is 1. The minimum Gasteiger partial charge on any atom is -0.477 e. The number of carboxylic acid groups (broad SMARTS) is 1. The summed E-state index contributed by atoms with van der Waals surface area (Å²) in [5.41, 5.74) is 0.348. The molecule has 14 heavy (non-hydrogen) atoms. The number of nitrogens with zero attached hydrogens (tertiary/aromatic N) is 1. The SMILES string of the molecule is O=C(O)c1cccn1C1CCCOC1. The van der Waals surface area contributed by atoms with E-state index >= 15 is 0 Å². The summed E-state index contributed by atoms with van der Waals surface area (Å²) in [7, 11) is 0. The second-order valence-electron chi connectivity index (χ2n) is 3.48. The molecule has 1 atom stereocenters. The maximum absolute atomic E-state index is 10.9. The third-order valence-electron chi connectivity index (χ3n) is 2.53. The van der Waals surface area contributed by atoms with E-state index in [0.29, 0.717) is 12.3 Å². The van der Waals surface area contributed by atoms with Crippen LogP contribution in [0.25, 0.3) is 0 Å². The molecule has 0 aliphatic carbocycles. The summed E-state index contributed by atoms with van der Waals surface area (Å²) in [5.74, 6) is -0.874. The number of hydrogen-bond acceptors (Lipinski definition) is 2. The molecule has 1 aliphatic heterocycles. The fraction of sp³-hybridized carbons (Fsp3) is 0.500. The number of carboxylic acids is 1. The number of rotatable bonds is 2. The highest BCUT2D eigenvalue weighted by molar-refractivity contribution is 5.85. The maximum atomic E-state index is 10.9. The van der Waals surface area contributed by atoms with Gasteiger partial charge in [-0.15, -0.1) is 0 Å². The van der Waals surface area contributed by atoms with E-state index < -0.39 is 5.97 Å². The molecule has 1 fully saturated rings. The molecule has 1 aliphatic rings. The maximum Gasteiger partial charge on any atom is 0.352 e. The molecule has 0 amide bonds. The van der Waals surface area contributed by atoms with Gasteiger partial charge in [0.05, 0.1) is 12.6 Å². The molecule has 4 nitrogen and oxygen atoms in total. The normalized spacial score (nSPS) is 22.1. The molecule has 0 aromatic carbocycles. The summed E-state index contributed by atoms with van der Waals surface area (Å²) in [6, 6.07) is 3.57. The van der Waals surface area contributed by atoms with Gasteiger partial charge in [-0.2, -0.15) is 0 Å². The number of hydrogen-bond donors (Lipinski definition) is 1. The lowest BCUT2D eigenvalue weighted by molar-refractivity contribution is 0.0540. The van der Waals surface area contributed by atoms with Crippen molar-refractivity contribution in [3.8, 4) is 0 Å². The minimum absolute atomic E-state index is 0.185. The second-order valence-corrected chi connectivity index (χ2v) is 3.48. The first-order valence-electron chi connectivity index (χ1n) is 4.77. The molecule has 2 rings (SSSR count). The molecular weight excluding hydrogens is 182 g/mol. The van der Waals surface area contributed by atoms with Gasteiger partial charge in [-0.1, -0.05) is 0 Å². The Morgan fingerprint density at radius 3 is 3.14 bits per heavy atom. The van der Waals surface area contributed by atoms with Gasteiger partial charge < -0.3 is 14.4 Å². The van der Waals surface area contributed by atoms with Crippen LogP contribution in [0.5, 0.6) is 0 Å². The predicted molar refractivity (Wildman–Crippen MR) is 50.5 cm³/mol. The van der Waals surface area contributed by atoms with Crippen molar-refractivity contribution in [2.45, 2.75) is 18.9 Å². The molecule has 0 spiro atoms. The Balaban J connectivity index is 2.21. The third kappa shape index (κ3) is 1.65. The van der Waals surface area contributed by atoms with Crippen molar-refractivity contribution in [2.75, 3.05) is 13.2 Å². The average molecular weight is 195 g/mol. The van der Waals surface area contributed by atoms with Gasteiger partial charge >= 0.3 is 5.97 Å². The molecule has 0 radical (unpaired) electrons. The van der Waals surface area contributed by atoms with Gasteiger partial charge in [-0.05, 0) is 25.0 Å². The molecule has 2 heterocycles. The standard InChI is InChI=1S/C10H13NO3/c12-10(13)9-4-1-5-11(9)8-3-2-6-14-7-8/h1,4-5,8H,2-3,6-7H2,(H,12,13). The van der Waals surface area contributed by atoms with Crippen LogP contribution in [0.3, 0.4) is 0 Å².